The Hall–Kier alpha value is -1.93. The molecule has 0 aliphatic heterocycles. The molecule has 2 N–H and O–H groups in total. The summed E-state index contributed by atoms with van der Waals surface area (Å²) in [4.78, 5) is 15.9. The molecule has 0 saturated heterocycles. The molecule has 8 nitrogen and oxygen atoms in total. The number of halogens is 1. The molecule has 2 heterocycles. The van der Waals surface area contributed by atoms with Gasteiger partial charge in [-0.2, -0.15) is 10.1 Å². The molecular weight excluding hydrogens is 286 g/mol. The average Bonchev–Trinajstić information content (AvgIpc) is 2.84. The molecule has 108 valence electrons. The van der Waals surface area contributed by atoms with Crippen molar-refractivity contribution in [2.75, 3.05) is 18.5 Å². The Morgan fingerprint density at radius 1 is 1.55 bits per heavy atom. The van der Waals surface area contributed by atoms with E-state index >= 15 is 0 Å². The monoisotopic (exact) mass is 299 g/mol. The molecular formula is C11H14ClN5O3. The zero-order valence-corrected chi connectivity index (χ0v) is 11.6. The summed E-state index contributed by atoms with van der Waals surface area (Å²) < 4.78 is 6.07. The maximum absolute atomic E-state index is 11.8. The number of anilines is 1. The third-order valence-corrected chi connectivity index (χ3v) is 2.89. The minimum atomic E-state index is -0.445. The first-order chi connectivity index (χ1) is 9.61. The highest BCUT2D eigenvalue weighted by molar-refractivity contribution is 6.32. The highest BCUT2D eigenvalue weighted by Crippen LogP contribution is 2.15. The number of aliphatic hydroxyl groups is 1. The Labute approximate surface area is 119 Å². The van der Waals surface area contributed by atoms with E-state index in [0.29, 0.717) is 30.4 Å². The van der Waals surface area contributed by atoms with Crippen LogP contribution in [0.25, 0.3) is 0 Å². The predicted molar refractivity (Wildman–Crippen MR) is 71.8 cm³/mol. The quantitative estimate of drug-likeness (QED) is 0.786. The van der Waals surface area contributed by atoms with Crippen LogP contribution in [0.4, 0.5) is 5.69 Å². The zero-order chi connectivity index (χ0) is 14.5. The Morgan fingerprint density at radius 3 is 3.00 bits per heavy atom. The van der Waals surface area contributed by atoms with Gasteiger partial charge in [0.1, 0.15) is 5.02 Å². The lowest BCUT2D eigenvalue weighted by Gasteiger charge is -2.08. The molecule has 2 aromatic rings. The van der Waals surface area contributed by atoms with E-state index in [1.165, 1.54) is 6.20 Å². The Morgan fingerprint density at radius 2 is 2.35 bits per heavy atom. The maximum Gasteiger partial charge on any atom is 0.287 e. The van der Waals surface area contributed by atoms with Crippen LogP contribution in [0.15, 0.2) is 15.5 Å². The van der Waals surface area contributed by atoms with Gasteiger partial charge in [-0.15, -0.1) is 0 Å². The Kier molecular flexibility index (Phi) is 4.70. The molecule has 0 radical (unpaired) electrons. The van der Waals surface area contributed by atoms with E-state index in [-0.39, 0.29) is 18.2 Å². The summed E-state index contributed by atoms with van der Waals surface area (Å²) in [7, 11) is 0. The van der Waals surface area contributed by atoms with Crippen molar-refractivity contribution in [1.29, 1.82) is 0 Å². The van der Waals surface area contributed by atoms with E-state index in [1.54, 1.807) is 6.92 Å². The van der Waals surface area contributed by atoms with Gasteiger partial charge < -0.3 is 14.9 Å². The summed E-state index contributed by atoms with van der Waals surface area (Å²) in [5, 5.41) is 19.4. The van der Waals surface area contributed by atoms with Crippen molar-refractivity contribution in [1.82, 2.24) is 19.9 Å². The van der Waals surface area contributed by atoms with Crippen LogP contribution in [0.2, 0.25) is 5.02 Å². The number of hydrogen-bond donors (Lipinski definition) is 2. The molecule has 0 fully saturated rings. The third kappa shape index (κ3) is 3.34. The van der Waals surface area contributed by atoms with Gasteiger partial charge in [0.15, 0.2) is 5.82 Å². The van der Waals surface area contributed by atoms with Crippen molar-refractivity contribution in [2.45, 2.75) is 19.9 Å². The lowest BCUT2D eigenvalue weighted by atomic mass is 10.4. The van der Waals surface area contributed by atoms with Crippen molar-refractivity contribution < 1.29 is 9.63 Å². The molecule has 20 heavy (non-hydrogen) atoms. The van der Waals surface area contributed by atoms with Crippen LogP contribution in [0.1, 0.15) is 11.7 Å². The molecule has 9 heteroatoms. The van der Waals surface area contributed by atoms with Crippen molar-refractivity contribution in [3.05, 3.63) is 33.3 Å². The normalized spacial score (nSPS) is 10.8. The number of aliphatic hydroxyl groups excluding tert-OH is 1. The zero-order valence-electron chi connectivity index (χ0n) is 10.8. The fourth-order valence-corrected chi connectivity index (χ4v) is 1.80. The van der Waals surface area contributed by atoms with Crippen LogP contribution in [0, 0.1) is 6.92 Å². The molecule has 2 rings (SSSR count). The first-order valence-corrected chi connectivity index (χ1v) is 6.39. The van der Waals surface area contributed by atoms with E-state index in [1.807, 2.05) is 0 Å². The molecule has 0 bridgehead atoms. The van der Waals surface area contributed by atoms with Crippen LogP contribution in [0.5, 0.6) is 0 Å². The van der Waals surface area contributed by atoms with Gasteiger partial charge in [0.05, 0.1) is 25.0 Å². The summed E-state index contributed by atoms with van der Waals surface area (Å²) in [6.07, 6.45) is 1.95. The van der Waals surface area contributed by atoms with Crippen molar-refractivity contribution in [2.24, 2.45) is 0 Å². The second-order valence-corrected chi connectivity index (χ2v) is 4.41. The van der Waals surface area contributed by atoms with E-state index < -0.39 is 5.56 Å². The third-order valence-electron chi connectivity index (χ3n) is 2.52. The van der Waals surface area contributed by atoms with Gasteiger partial charge in [-0.05, 0) is 6.92 Å². The van der Waals surface area contributed by atoms with E-state index in [0.717, 1.165) is 4.68 Å². The lowest BCUT2D eigenvalue weighted by Crippen LogP contribution is -2.25. The highest BCUT2D eigenvalue weighted by atomic mass is 35.5. The smallest absolute Gasteiger partial charge is 0.287 e. The summed E-state index contributed by atoms with van der Waals surface area (Å²) >= 11 is 5.95. The average molecular weight is 300 g/mol. The molecule has 0 amide bonds. The van der Waals surface area contributed by atoms with Crippen LogP contribution in [0.3, 0.4) is 0 Å². The fourth-order valence-electron chi connectivity index (χ4n) is 1.59. The minimum Gasteiger partial charge on any atom is -0.394 e. The molecule has 0 saturated carbocycles. The first kappa shape index (κ1) is 14.5. The predicted octanol–water partition coefficient (Wildman–Crippen LogP) is 0.235. The van der Waals surface area contributed by atoms with Gasteiger partial charge >= 0.3 is 0 Å². The number of aromatic nitrogens is 4. The Bertz CT molecular complexity index is 639. The lowest BCUT2D eigenvalue weighted by molar-refractivity contribution is 0.266. The fraction of sp³-hybridized carbons (Fsp3) is 0.455. The van der Waals surface area contributed by atoms with Gasteiger partial charge in [0.2, 0.25) is 5.89 Å². The number of hydrogen-bond acceptors (Lipinski definition) is 7. The number of nitrogens with one attached hydrogen (secondary N) is 1. The van der Waals surface area contributed by atoms with E-state index in [4.69, 9.17) is 21.2 Å². The molecule has 2 aromatic heterocycles. The van der Waals surface area contributed by atoms with Gasteiger partial charge in [0, 0.05) is 13.0 Å². The van der Waals surface area contributed by atoms with Gasteiger partial charge in [-0.1, -0.05) is 16.8 Å². The molecule has 0 aliphatic rings. The maximum atomic E-state index is 11.8. The van der Waals surface area contributed by atoms with E-state index in [2.05, 4.69) is 20.6 Å². The second kappa shape index (κ2) is 6.49. The number of aryl methyl sites for hydroxylation is 1. The molecule has 0 aliphatic carbocycles. The van der Waals surface area contributed by atoms with E-state index in [9.17, 15) is 4.79 Å². The van der Waals surface area contributed by atoms with Crippen LogP contribution in [-0.2, 0) is 13.0 Å². The molecule has 0 unspecified atom stereocenters. The van der Waals surface area contributed by atoms with Crippen molar-refractivity contribution in [3.8, 4) is 0 Å². The van der Waals surface area contributed by atoms with Crippen LogP contribution >= 0.6 is 11.6 Å². The topological polar surface area (TPSA) is 106 Å². The summed E-state index contributed by atoms with van der Waals surface area (Å²) in [5.41, 5.74) is -0.0126. The first-order valence-electron chi connectivity index (χ1n) is 6.01. The largest absolute Gasteiger partial charge is 0.394 e. The number of nitrogens with zero attached hydrogens (tertiary/aromatic N) is 4. The molecule has 0 aromatic carbocycles. The van der Waals surface area contributed by atoms with Gasteiger partial charge in [-0.3, -0.25) is 4.79 Å². The standard InChI is InChI=1S/C11H14ClN5O3/c1-7-15-9(20-16-7)2-3-13-8-6-14-17(4-5-18)11(19)10(8)12/h6,13,18H,2-5H2,1H3. The molecule has 0 atom stereocenters. The van der Waals surface area contributed by atoms with Gasteiger partial charge in [-0.25, -0.2) is 4.68 Å². The summed E-state index contributed by atoms with van der Waals surface area (Å²) in [6, 6.07) is 0. The number of rotatable bonds is 6. The molecule has 0 spiro atoms. The van der Waals surface area contributed by atoms with Crippen molar-refractivity contribution in [3.63, 3.8) is 0 Å². The minimum absolute atomic E-state index is 0.0372. The van der Waals surface area contributed by atoms with Crippen LogP contribution in [-0.4, -0.2) is 38.2 Å². The Balaban J connectivity index is 1.99. The summed E-state index contributed by atoms with van der Waals surface area (Å²) in [5.74, 6) is 1.08. The van der Waals surface area contributed by atoms with Crippen molar-refractivity contribution >= 4 is 17.3 Å². The van der Waals surface area contributed by atoms with Crippen LogP contribution < -0.4 is 10.9 Å². The second-order valence-electron chi connectivity index (χ2n) is 4.04. The SMILES string of the molecule is Cc1noc(CCNc2cnn(CCO)c(=O)c2Cl)n1. The highest BCUT2D eigenvalue weighted by Gasteiger charge is 2.09. The van der Waals surface area contributed by atoms with Gasteiger partial charge in [0.25, 0.3) is 5.56 Å². The summed E-state index contributed by atoms with van der Waals surface area (Å²) in [6.45, 7) is 2.15.